The third-order valence-corrected chi connectivity index (χ3v) is 9.53. The Morgan fingerprint density at radius 2 is 0.960 bits per heavy atom. The number of nitrogens with one attached hydrogen (secondary N) is 3. The van der Waals surface area contributed by atoms with Gasteiger partial charge >= 0.3 is 0 Å². The van der Waals surface area contributed by atoms with Gasteiger partial charge in [-0.05, 0) is 83.6 Å². The first-order chi connectivity index (χ1) is 23.7. The van der Waals surface area contributed by atoms with E-state index in [1.54, 1.807) is 48.5 Å². The summed E-state index contributed by atoms with van der Waals surface area (Å²) < 4.78 is 65.5. The maximum absolute atomic E-state index is 13.7. The van der Waals surface area contributed by atoms with Crippen LogP contribution in [0.15, 0.2) is 125 Å². The molecule has 0 spiro atoms. The van der Waals surface area contributed by atoms with Crippen LogP contribution in [-0.4, -0.2) is 43.7 Å². The highest BCUT2D eigenvalue weighted by Crippen LogP contribution is 2.29. The van der Waals surface area contributed by atoms with E-state index in [0.29, 0.717) is 37.9 Å². The number of benzene rings is 6. The van der Waals surface area contributed by atoms with Gasteiger partial charge in [0.05, 0.1) is 9.79 Å². The van der Waals surface area contributed by atoms with Crippen molar-refractivity contribution in [1.29, 1.82) is 0 Å². The van der Waals surface area contributed by atoms with Gasteiger partial charge in [0.2, 0.25) is 0 Å². The van der Waals surface area contributed by atoms with Crippen molar-refractivity contribution in [2.75, 3.05) is 16.0 Å². The molecule has 0 aliphatic rings. The van der Waals surface area contributed by atoms with E-state index < -0.39 is 38.0 Å². The highest BCUT2D eigenvalue weighted by Gasteiger charge is 2.19. The van der Waals surface area contributed by atoms with Crippen LogP contribution in [-0.2, 0) is 20.2 Å². The molecule has 0 aromatic heterocycles. The molecule has 5 N–H and O–H groups in total. The quantitative estimate of drug-likeness (QED) is 0.104. The monoisotopic (exact) mass is 729 g/mol. The summed E-state index contributed by atoms with van der Waals surface area (Å²) in [6.07, 6.45) is 0. The summed E-state index contributed by atoms with van der Waals surface area (Å²) in [6.45, 7) is 0. The van der Waals surface area contributed by atoms with Crippen molar-refractivity contribution in [3.05, 3.63) is 137 Å². The zero-order chi connectivity index (χ0) is 35.8. The molecule has 0 atom stereocenters. The lowest BCUT2D eigenvalue weighted by Crippen LogP contribution is -2.18. The molecule has 3 amide bonds. The standard InChI is InChI=1S/C35H24ClN3O9S2/c36-25-7-1-6-22(15-25)33(40)37-26-16-23(34(41)38-31-8-2-4-20-18-27(49(43,44)45)10-12-29(20)31)14-24(17-26)35(42)39-32-9-3-5-21-19-28(50(46,47)48)11-13-30(21)32/h1-19H,(H,37,40)(H,38,41)(H,39,42)(H,43,44,45)(H,46,47,48). The predicted molar refractivity (Wildman–Crippen MR) is 189 cm³/mol. The van der Waals surface area contributed by atoms with Gasteiger partial charge in [-0.15, -0.1) is 0 Å². The van der Waals surface area contributed by atoms with E-state index in [9.17, 15) is 40.3 Å². The average molecular weight is 730 g/mol. The lowest BCUT2D eigenvalue weighted by Gasteiger charge is -2.14. The largest absolute Gasteiger partial charge is 0.322 e. The van der Waals surface area contributed by atoms with Crippen LogP contribution in [0.25, 0.3) is 21.5 Å². The summed E-state index contributed by atoms with van der Waals surface area (Å²) >= 11 is 6.05. The van der Waals surface area contributed by atoms with Crippen molar-refractivity contribution in [3.63, 3.8) is 0 Å². The van der Waals surface area contributed by atoms with Gasteiger partial charge in [0.15, 0.2) is 0 Å². The Hall–Kier alpha value is -5.64. The highest BCUT2D eigenvalue weighted by molar-refractivity contribution is 7.86. The third kappa shape index (κ3) is 7.49. The van der Waals surface area contributed by atoms with Crippen molar-refractivity contribution >= 4 is 88.2 Å². The van der Waals surface area contributed by atoms with Gasteiger partial charge in [-0.2, -0.15) is 16.8 Å². The molecule has 12 nitrogen and oxygen atoms in total. The first kappa shape index (κ1) is 34.2. The SMILES string of the molecule is O=C(Nc1cc(C(=O)Nc2cccc3cc(S(=O)(=O)O)ccc23)cc(C(=O)Nc2cccc3cc(S(=O)(=O)O)ccc23)c1)c1cccc(Cl)c1. The molecule has 0 fully saturated rings. The fourth-order valence-corrected chi connectivity index (χ4v) is 6.47. The van der Waals surface area contributed by atoms with Crippen molar-refractivity contribution in [2.24, 2.45) is 0 Å². The summed E-state index contributed by atoms with van der Waals surface area (Å²) in [5.41, 5.74) is 0.864. The molecule has 6 aromatic rings. The minimum atomic E-state index is -4.47. The van der Waals surface area contributed by atoms with Crippen LogP contribution in [0.3, 0.4) is 0 Å². The number of anilines is 3. The Kier molecular flexibility index (Phi) is 9.14. The number of carbonyl (C=O) groups is 3. The molecule has 0 aliphatic carbocycles. The van der Waals surface area contributed by atoms with Crippen LogP contribution < -0.4 is 16.0 Å². The van der Waals surface area contributed by atoms with Gasteiger partial charge in [0, 0.05) is 49.5 Å². The molecule has 6 rings (SSSR count). The molecule has 15 heteroatoms. The molecule has 0 heterocycles. The Labute approximate surface area is 290 Å². The first-order valence-electron chi connectivity index (χ1n) is 14.5. The molecule has 252 valence electrons. The fourth-order valence-electron chi connectivity index (χ4n) is 5.25. The van der Waals surface area contributed by atoms with Crippen LogP contribution in [0.2, 0.25) is 5.02 Å². The Bertz CT molecular complexity index is 2460. The molecular formula is C35H24ClN3O9S2. The summed E-state index contributed by atoms with van der Waals surface area (Å²) in [7, 11) is -8.94. The Balaban J connectivity index is 1.36. The first-order valence-corrected chi connectivity index (χ1v) is 17.8. The molecule has 0 saturated carbocycles. The second-order valence-electron chi connectivity index (χ2n) is 11.0. The van der Waals surface area contributed by atoms with Crippen molar-refractivity contribution < 1.29 is 40.3 Å². The number of fused-ring (bicyclic) bond motifs is 2. The number of amides is 3. The molecule has 0 saturated heterocycles. The van der Waals surface area contributed by atoms with Crippen LogP contribution in [0.4, 0.5) is 17.1 Å². The van der Waals surface area contributed by atoms with Gasteiger partial charge in [0.25, 0.3) is 38.0 Å². The number of carbonyl (C=O) groups excluding carboxylic acids is 3. The summed E-state index contributed by atoms with van der Waals surface area (Å²) in [5, 5.41) is 10.3. The van der Waals surface area contributed by atoms with Crippen molar-refractivity contribution in [3.8, 4) is 0 Å². The van der Waals surface area contributed by atoms with E-state index in [1.807, 2.05) is 0 Å². The lowest BCUT2D eigenvalue weighted by molar-refractivity contribution is 0.101. The average Bonchev–Trinajstić information content (AvgIpc) is 3.07. The van der Waals surface area contributed by atoms with Gasteiger partial charge < -0.3 is 16.0 Å². The Morgan fingerprint density at radius 1 is 0.500 bits per heavy atom. The minimum Gasteiger partial charge on any atom is -0.322 e. The fraction of sp³-hybridized carbons (Fsp3) is 0. The van der Waals surface area contributed by atoms with Crippen LogP contribution in [0.5, 0.6) is 0 Å². The molecular weight excluding hydrogens is 706 g/mol. The Morgan fingerprint density at radius 3 is 1.42 bits per heavy atom. The van der Waals surface area contributed by atoms with Gasteiger partial charge in [0.1, 0.15) is 0 Å². The summed E-state index contributed by atoms with van der Waals surface area (Å²) in [5.74, 6) is -1.91. The summed E-state index contributed by atoms with van der Waals surface area (Å²) in [6, 6.07) is 27.5. The zero-order valence-electron chi connectivity index (χ0n) is 25.4. The molecule has 50 heavy (non-hydrogen) atoms. The van der Waals surface area contributed by atoms with E-state index in [4.69, 9.17) is 11.6 Å². The smallest absolute Gasteiger partial charge is 0.294 e. The van der Waals surface area contributed by atoms with E-state index in [1.165, 1.54) is 66.7 Å². The maximum Gasteiger partial charge on any atom is 0.294 e. The van der Waals surface area contributed by atoms with Crippen molar-refractivity contribution in [1.82, 2.24) is 0 Å². The highest BCUT2D eigenvalue weighted by atomic mass is 35.5. The molecule has 0 bridgehead atoms. The van der Waals surface area contributed by atoms with E-state index in [2.05, 4.69) is 16.0 Å². The van der Waals surface area contributed by atoms with Crippen LogP contribution in [0, 0.1) is 0 Å². The van der Waals surface area contributed by atoms with Crippen LogP contribution in [0.1, 0.15) is 31.1 Å². The second kappa shape index (κ2) is 13.3. The molecule has 0 radical (unpaired) electrons. The minimum absolute atomic E-state index is 0.0266. The van der Waals surface area contributed by atoms with E-state index >= 15 is 0 Å². The number of hydrogen-bond donors (Lipinski definition) is 5. The molecule has 6 aromatic carbocycles. The van der Waals surface area contributed by atoms with Crippen molar-refractivity contribution in [2.45, 2.75) is 9.79 Å². The lowest BCUT2D eigenvalue weighted by atomic mass is 10.0. The van der Waals surface area contributed by atoms with E-state index in [0.717, 1.165) is 0 Å². The topological polar surface area (TPSA) is 196 Å². The van der Waals surface area contributed by atoms with Crippen LogP contribution >= 0.6 is 11.6 Å². The maximum atomic E-state index is 13.7. The summed E-state index contributed by atoms with van der Waals surface area (Å²) in [4.78, 5) is 39.8. The number of halogens is 1. The van der Waals surface area contributed by atoms with Gasteiger partial charge in [-0.25, -0.2) is 0 Å². The normalized spacial score (nSPS) is 11.7. The predicted octanol–water partition coefficient (Wildman–Crippen LogP) is 6.90. The molecule has 0 unspecified atom stereocenters. The number of hydrogen-bond acceptors (Lipinski definition) is 7. The zero-order valence-corrected chi connectivity index (χ0v) is 27.8. The molecule has 0 aliphatic heterocycles. The van der Waals surface area contributed by atoms with Gasteiger partial charge in [-0.1, -0.05) is 54.1 Å². The third-order valence-electron chi connectivity index (χ3n) is 7.60. The van der Waals surface area contributed by atoms with Gasteiger partial charge in [-0.3, -0.25) is 23.5 Å². The number of rotatable bonds is 8. The second-order valence-corrected chi connectivity index (χ2v) is 14.3. The van der Waals surface area contributed by atoms with E-state index in [-0.39, 0.29) is 32.2 Å².